The monoisotopic (exact) mass is 333 g/mol. The molecular formula is C16H16ClN3OS. The van der Waals surface area contributed by atoms with Crippen LogP contribution in [0.2, 0.25) is 5.02 Å². The van der Waals surface area contributed by atoms with Crippen LogP contribution in [0, 0.1) is 0 Å². The Kier molecular flexibility index (Phi) is 4.90. The Morgan fingerprint density at radius 3 is 3.05 bits per heavy atom. The van der Waals surface area contributed by atoms with Gasteiger partial charge in [0.1, 0.15) is 0 Å². The van der Waals surface area contributed by atoms with Crippen molar-refractivity contribution in [3.8, 4) is 11.3 Å². The van der Waals surface area contributed by atoms with Crippen molar-refractivity contribution in [2.75, 3.05) is 6.54 Å². The second kappa shape index (κ2) is 7.07. The maximum absolute atomic E-state index is 10.1. The number of hydrogen-bond donors (Lipinski definition) is 3. The van der Waals surface area contributed by atoms with E-state index in [9.17, 15) is 5.11 Å². The third-order valence-electron chi connectivity index (χ3n) is 3.41. The van der Waals surface area contributed by atoms with Gasteiger partial charge in [0.15, 0.2) is 0 Å². The van der Waals surface area contributed by atoms with E-state index in [0.29, 0.717) is 18.1 Å². The van der Waals surface area contributed by atoms with Crippen molar-refractivity contribution in [3.05, 3.63) is 63.4 Å². The Morgan fingerprint density at radius 1 is 1.36 bits per heavy atom. The molecule has 0 amide bonds. The number of benzene rings is 1. The van der Waals surface area contributed by atoms with Crippen molar-refractivity contribution in [2.45, 2.75) is 12.6 Å². The molecule has 0 fully saturated rings. The highest BCUT2D eigenvalue weighted by molar-refractivity contribution is 7.07. The third kappa shape index (κ3) is 3.56. The zero-order valence-corrected chi connectivity index (χ0v) is 13.4. The average Bonchev–Trinajstić information content (AvgIpc) is 3.19. The van der Waals surface area contributed by atoms with E-state index < -0.39 is 6.10 Å². The Morgan fingerprint density at radius 2 is 2.27 bits per heavy atom. The number of aliphatic hydroxyl groups excluding tert-OH is 1. The van der Waals surface area contributed by atoms with Crippen LogP contribution < -0.4 is 5.32 Å². The fourth-order valence-electron chi connectivity index (χ4n) is 2.27. The molecule has 0 aliphatic heterocycles. The van der Waals surface area contributed by atoms with Crippen LogP contribution in [-0.2, 0) is 6.54 Å². The number of nitrogens with zero attached hydrogens (tertiary/aromatic N) is 1. The first kappa shape index (κ1) is 15.2. The normalized spacial score (nSPS) is 12.5. The molecule has 3 aromatic rings. The molecular weight excluding hydrogens is 318 g/mol. The maximum Gasteiger partial charge on any atom is 0.0922 e. The summed E-state index contributed by atoms with van der Waals surface area (Å²) < 4.78 is 0. The zero-order chi connectivity index (χ0) is 15.4. The van der Waals surface area contributed by atoms with Crippen molar-refractivity contribution in [1.82, 2.24) is 15.5 Å². The summed E-state index contributed by atoms with van der Waals surface area (Å²) in [5.74, 6) is 0. The molecule has 0 bridgehead atoms. The van der Waals surface area contributed by atoms with Crippen LogP contribution in [0.15, 0.2) is 47.3 Å². The molecule has 1 aromatic carbocycles. The van der Waals surface area contributed by atoms with Gasteiger partial charge in [0.05, 0.1) is 18.0 Å². The van der Waals surface area contributed by atoms with Crippen LogP contribution in [0.4, 0.5) is 0 Å². The largest absolute Gasteiger partial charge is 0.387 e. The molecule has 0 radical (unpaired) electrons. The van der Waals surface area contributed by atoms with Gasteiger partial charge in [0, 0.05) is 29.2 Å². The lowest BCUT2D eigenvalue weighted by Crippen LogP contribution is -2.20. The van der Waals surface area contributed by atoms with Crippen LogP contribution >= 0.6 is 22.9 Å². The predicted octanol–water partition coefficient (Wildman–Crippen LogP) is 3.61. The van der Waals surface area contributed by atoms with Crippen molar-refractivity contribution in [1.29, 1.82) is 0 Å². The molecule has 0 aliphatic rings. The first-order chi connectivity index (χ1) is 10.7. The predicted molar refractivity (Wildman–Crippen MR) is 90.0 cm³/mol. The number of thiophene rings is 1. The zero-order valence-electron chi connectivity index (χ0n) is 11.8. The van der Waals surface area contributed by atoms with E-state index in [2.05, 4.69) is 15.5 Å². The molecule has 3 rings (SSSR count). The number of rotatable bonds is 6. The topological polar surface area (TPSA) is 60.9 Å². The summed E-state index contributed by atoms with van der Waals surface area (Å²) in [5, 5.41) is 25.1. The average molecular weight is 334 g/mol. The first-order valence-electron chi connectivity index (χ1n) is 6.93. The quantitative estimate of drug-likeness (QED) is 0.645. The standard InChI is InChI=1S/C16H16ClN3OS/c17-14-3-1-2-11(6-14)16-13(8-19-20-16)7-18-9-15(21)12-4-5-22-10-12/h1-6,8,10,15,18,21H,7,9H2,(H,19,20). The minimum atomic E-state index is -0.493. The molecule has 0 saturated heterocycles. The van der Waals surface area contributed by atoms with Crippen LogP contribution in [0.1, 0.15) is 17.2 Å². The van der Waals surface area contributed by atoms with Crippen molar-refractivity contribution in [3.63, 3.8) is 0 Å². The number of nitrogens with one attached hydrogen (secondary N) is 2. The van der Waals surface area contributed by atoms with Gasteiger partial charge in [-0.1, -0.05) is 23.7 Å². The molecule has 1 unspecified atom stereocenters. The third-order valence-corrected chi connectivity index (χ3v) is 4.35. The van der Waals surface area contributed by atoms with Crippen LogP contribution in [0.25, 0.3) is 11.3 Å². The SMILES string of the molecule is OC(CNCc1cn[nH]c1-c1cccc(Cl)c1)c1ccsc1. The highest BCUT2D eigenvalue weighted by atomic mass is 35.5. The number of hydrogen-bond acceptors (Lipinski definition) is 4. The Hall–Kier alpha value is -1.66. The molecule has 0 aliphatic carbocycles. The molecule has 2 aromatic heterocycles. The Labute approximate surface area is 137 Å². The van der Waals surface area contributed by atoms with Gasteiger partial charge in [-0.05, 0) is 34.5 Å². The fourth-order valence-corrected chi connectivity index (χ4v) is 3.16. The van der Waals surface area contributed by atoms with E-state index in [1.807, 2.05) is 41.1 Å². The summed E-state index contributed by atoms with van der Waals surface area (Å²) in [5.41, 5.74) is 3.93. The molecule has 4 nitrogen and oxygen atoms in total. The number of halogens is 1. The van der Waals surface area contributed by atoms with Gasteiger partial charge >= 0.3 is 0 Å². The minimum Gasteiger partial charge on any atom is -0.387 e. The highest BCUT2D eigenvalue weighted by Gasteiger charge is 2.10. The smallest absolute Gasteiger partial charge is 0.0922 e. The maximum atomic E-state index is 10.1. The summed E-state index contributed by atoms with van der Waals surface area (Å²) in [7, 11) is 0. The van der Waals surface area contributed by atoms with E-state index in [1.165, 1.54) is 0 Å². The Balaban J connectivity index is 1.63. The lowest BCUT2D eigenvalue weighted by Gasteiger charge is -2.10. The lowest BCUT2D eigenvalue weighted by atomic mass is 10.1. The molecule has 1 atom stereocenters. The Bertz CT molecular complexity index is 727. The van der Waals surface area contributed by atoms with E-state index >= 15 is 0 Å². The van der Waals surface area contributed by atoms with E-state index in [4.69, 9.17) is 11.6 Å². The fraction of sp³-hybridized carbons (Fsp3) is 0.188. The van der Waals surface area contributed by atoms with Gasteiger partial charge in [-0.25, -0.2) is 0 Å². The molecule has 0 spiro atoms. The lowest BCUT2D eigenvalue weighted by molar-refractivity contribution is 0.175. The van der Waals surface area contributed by atoms with Gasteiger partial charge in [0.2, 0.25) is 0 Å². The minimum absolute atomic E-state index is 0.493. The van der Waals surface area contributed by atoms with Gasteiger partial charge in [-0.3, -0.25) is 5.10 Å². The van der Waals surface area contributed by atoms with Gasteiger partial charge in [-0.2, -0.15) is 16.4 Å². The number of aromatic nitrogens is 2. The summed E-state index contributed by atoms with van der Waals surface area (Å²) >= 11 is 7.62. The van der Waals surface area contributed by atoms with Crippen LogP contribution in [-0.4, -0.2) is 21.8 Å². The number of H-pyrrole nitrogens is 1. The summed E-state index contributed by atoms with van der Waals surface area (Å²) in [4.78, 5) is 0. The van der Waals surface area contributed by atoms with Crippen molar-refractivity contribution >= 4 is 22.9 Å². The van der Waals surface area contributed by atoms with Crippen molar-refractivity contribution < 1.29 is 5.11 Å². The number of aliphatic hydroxyl groups is 1. The van der Waals surface area contributed by atoms with Crippen molar-refractivity contribution in [2.24, 2.45) is 0 Å². The van der Waals surface area contributed by atoms with E-state index in [1.54, 1.807) is 17.5 Å². The molecule has 0 saturated carbocycles. The van der Waals surface area contributed by atoms with Gasteiger partial charge in [-0.15, -0.1) is 0 Å². The van der Waals surface area contributed by atoms with Crippen LogP contribution in [0.3, 0.4) is 0 Å². The second-order valence-electron chi connectivity index (χ2n) is 4.98. The second-order valence-corrected chi connectivity index (χ2v) is 6.20. The summed E-state index contributed by atoms with van der Waals surface area (Å²) in [6.07, 6.45) is 1.30. The number of aromatic amines is 1. The molecule has 2 heterocycles. The summed E-state index contributed by atoms with van der Waals surface area (Å²) in [6, 6.07) is 9.58. The van der Waals surface area contributed by atoms with Gasteiger partial charge in [0.25, 0.3) is 0 Å². The highest BCUT2D eigenvalue weighted by Crippen LogP contribution is 2.24. The van der Waals surface area contributed by atoms with Crippen LogP contribution in [0.5, 0.6) is 0 Å². The molecule has 3 N–H and O–H groups in total. The van der Waals surface area contributed by atoms with E-state index in [0.717, 1.165) is 22.4 Å². The molecule has 22 heavy (non-hydrogen) atoms. The summed E-state index contributed by atoms with van der Waals surface area (Å²) in [6.45, 7) is 1.12. The van der Waals surface area contributed by atoms with E-state index in [-0.39, 0.29) is 0 Å². The first-order valence-corrected chi connectivity index (χ1v) is 8.25. The molecule has 114 valence electrons. The van der Waals surface area contributed by atoms with Gasteiger partial charge < -0.3 is 10.4 Å². The molecule has 6 heteroatoms.